The van der Waals surface area contributed by atoms with Gasteiger partial charge in [-0.05, 0) is 24.3 Å². The Hall–Kier alpha value is -1.48. The van der Waals surface area contributed by atoms with Crippen LogP contribution in [0.1, 0.15) is 0 Å². The third-order valence-electron chi connectivity index (χ3n) is 1.89. The van der Waals surface area contributed by atoms with Gasteiger partial charge in [-0.2, -0.15) is 0 Å². The van der Waals surface area contributed by atoms with Gasteiger partial charge in [-0.15, -0.1) is 0 Å². The van der Waals surface area contributed by atoms with Crippen LogP contribution in [0.3, 0.4) is 0 Å². The molecule has 76 valence electrons. The summed E-state index contributed by atoms with van der Waals surface area (Å²) in [6.07, 6.45) is 0. The predicted octanol–water partition coefficient (Wildman–Crippen LogP) is 3.68. The molecule has 0 atom stereocenters. The number of hydrogen-bond acceptors (Lipinski definition) is 2. The fourth-order valence-electron chi connectivity index (χ4n) is 1.19. The normalized spacial score (nSPS) is 10.2. The Bertz CT molecular complexity index is 456. The molecule has 0 radical (unpaired) electrons. The van der Waals surface area contributed by atoms with Gasteiger partial charge in [0.2, 0.25) is 0 Å². The first-order valence-corrected chi connectivity index (χ1v) is 5.29. The Morgan fingerprint density at radius 2 is 1.73 bits per heavy atom. The predicted molar refractivity (Wildman–Crippen MR) is 58.6 cm³/mol. The van der Waals surface area contributed by atoms with Crippen LogP contribution < -0.4 is 0 Å². The van der Waals surface area contributed by atoms with Crippen molar-refractivity contribution in [2.75, 3.05) is 0 Å². The quantitative estimate of drug-likeness (QED) is 0.833. The molecule has 2 aromatic rings. The highest BCUT2D eigenvalue weighted by Crippen LogP contribution is 2.34. The van der Waals surface area contributed by atoms with Gasteiger partial charge in [0, 0.05) is 11.0 Å². The van der Waals surface area contributed by atoms with E-state index in [9.17, 15) is 9.50 Å². The maximum absolute atomic E-state index is 12.7. The molecule has 0 unspecified atom stereocenters. The molecule has 0 heterocycles. The lowest BCUT2D eigenvalue weighted by Crippen LogP contribution is -1.77. The van der Waals surface area contributed by atoms with Crippen molar-refractivity contribution in [3.63, 3.8) is 0 Å². The molecular formula is C12H9FOS. The second kappa shape index (κ2) is 4.36. The molecule has 3 heteroatoms. The van der Waals surface area contributed by atoms with Crippen molar-refractivity contribution in [2.45, 2.75) is 9.79 Å². The monoisotopic (exact) mass is 220 g/mol. The maximum Gasteiger partial charge on any atom is 0.132 e. The molecule has 0 aliphatic rings. The first-order chi connectivity index (χ1) is 7.25. The van der Waals surface area contributed by atoms with Crippen molar-refractivity contribution >= 4 is 11.8 Å². The molecule has 1 N–H and O–H groups in total. The van der Waals surface area contributed by atoms with E-state index in [1.165, 1.54) is 17.8 Å². The SMILES string of the molecule is Oc1cc(F)ccc1Sc1ccccc1. The van der Waals surface area contributed by atoms with Gasteiger partial charge in [0.1, 0.15) is 11.6 Å². The lowest BCUT2D eigenvalue weighted by atomic mass is 10.3. The van der Waals surface area contributed by atoms with Gasteiger partial charge in [0.25, 0.3) is 0 Å². The van der Waals surface area contributed by atoms with Gasteiger partial charge in [-0.1, -0.05) is 30.0 Å². The summed E-state index contributed by atoms with van der Waals surface area (Å²) in [5.74, 6) is -0.450. The van der Waals surface area contributed by atoms with Crippen LogP contribution in [0.15, 0.2) is 58.3 Å². The van der Waals surface area contributed by atoms with Gasteiger partial charge < -0.3 is 5.11 Å². The van der Waals surface area contributed by atoms with E-state index in [1.54, 1.807) is 6.07 Å². The molecule has 0 spiro atoms. The van der Waals surface area contributed by atoms with E-state index in [0.717, 1.165) is 11.0 Å². The van der Waals surface area contributed by atoms with Crippen molar-refractivity contribution in [3.8, 4) is 5.75 Å². The molecule has 0 saturated carbocycles. The molecule has 1 nitrogen and oxygen atoms in total. The lowest BCUT2D eigenvalue weighted by Gasteiger charge is -2.03. The molecule has 0 fully saturated rings. The van der Waals surface area contributed by atoms with Crippen molar-refractivity contribution < 1.29 is 9.50 Å². The third-order valence-corrected chi connectivity index (χ3v) is 2.97. The van der Waals surface area contributed by atoms with E-state index in [0.29, 0.717) is 4.90 Å². The number of phenols is 1. The summed E-state index contributed by atoms with van der Waals surface area (Å²) in [5, 5.41) is 9.49. The van der Waals surface area contributed by atoms with Crippen molar-refractivity contribution in [2.24, 2.45) is 0 Å². The highest BCUT2D eigenvalue weighted by atomic mass is 32.2. The number of rotatable bonds is 2. The van der Waals surface area contributed by atoms with Crippen LogP contribution in [0.4, 0.5) is 4.39 Å². The molecule has 0 amide bonds. The summed E-state index contributed by atoms with van der Waals surface area (Å²) in [7, 11) is 0. The summed E-state index contributed by atoms with van der Waals surface area (Å²) >= 11 is 1.41. The molecular weight excluding hydrogens is 211 g/mol. The minimum atomic E-state index is -0.426. The van der Waals surface area contributed by atoms with Crippen LogP contribution in [0, 0.1) is 5.82 Å². The Kier molecular flexibility index (Phi) is 2.92. The van der Waals surface area contributed by atoms with Gasteiger partial charge in [-0.25, -0.2) is 4.39 Å². The number of phenolic OH excluding ortho intramolecular Hbond substituents is 1. The van der Waals surface area contributed by atoms with Crippen molar-refractivity contribution in [1.29, 1.82) is 0 Å². The molecule has 15 heavy (non-hydrogen) atoms. The van der Waals surface area contributed by atoms with E-state index < -0.39 is 5.82 Å². The Morgan fingerprint density at radius 3 is 2.40 bits per heavy atom. The van der Waals surface area contributed by atoms with Crippen LogP contribution in [0.2, 0.25) is 0 Å². The highest BCUT2D eigenvalue weighted by molar-refractivity contribution is 7.99. The fourth-order valence-corrected chi connectivity index (χ4v) is 2.04. The number of benzene rings is 2. The second-order valence-corrected chi connectivity index (χ2v) is 4.14. The first kappa shape index (κ1) is 10.1. The third kappa shape index (κ3) is 2.50. The zero-order valence-corrected chi connectivity index (χ0v) is 8.67. The van der Waals surface area contributed by atoms with Gasteiger partial charge in [-0.3, -0.25) is 0 Å². The molecule has 0 bridgehead atoms. The van der Waals surface area contributed by atoms with Crippen LogP contribution >= 0.6 is 11.8 Å². The molecule has 2 aromatic carbocycles. The average molecular weight is 220 g/mol. The smallest absolute Gasteiger partial charge is 0.132 e. The van der Waals surface area contributed by atoms with E-state index >= 15 is 0 Å². The van der Waals surface area contributed by atoms with Gasteiger partial charge >= 0.3 is 0 Å². The van der Waals surface area contributed by atoms with E-state index in [1.807, 2.05) is 30.3 Å². The van der Waals surface area contributed by atoms with E-state index in [4.69, 9.17) is 0 Å². The fraction of sp³-hybridized carbons (Fsp3) is 0. The zero-order valence-electron chi connectivity index (χ0n) is 7.85. The molecule has 0 saturated heterocycles. The summed E-state index contributed by atoms with van der Waals surface area (Å²) in [6.45, 7) is 0. The van der Waals surface area contributed by atoms with Crippen LogP contribution in [-0.2, 0) is 0 Å². The zero-order chi connectivity index (χ0) is 10.7. The summed E-state index contributed by atoms with van der Waals surface area (Å²) < 4.78 is 12.7. The lowest BCUT2D eigenvalue weighted by molar-refractivity contribution is 0.456. The topological polar surface area (TPSA) is 20.2 Å². The summed E-state index contributed by atoms with van der Waals surface area (Å²) in [4.78, 5) is 1.67. The highest BCUT2D eigenvalue weighted by Gasteiger charge is 2.03. The summed E-state index contributed by atoms with van der Waals surface area (Å²) in [5.41, 5.74) is 0. The number of halogens is 1. The van der Waals surface area contributed by atoms with Crippen LogP contribution in [0.5, 0.6) is 5.75 Å². The van der Waals surface area contributed by atoms with Gasteiger partial charge in [0.15, 0.2) is 0 Å². The Balaban J connectivity index is 2.25. The molecule has 2 rings (SSSR count). The van der Waals surface area contributed by atoms with Gasteiger partial charge in [0.05, 0.1) is 4.90 Å². The molecule has 0 aliphatic heterocycles. The summed E-state index contributed by atoms with van der Waals surface area (Å²) in [6, 6.07) is 13.7. The Labute approximate surface area is 91.6 Å². The minimum Gasteiger partial charge on any atom is -0.507 e. The average Bonchev–Trinajstić information content (AvgIpc) is 2.24. The largest absolute Gasteiger partial charge is 0.507 e. The number of aromatic hydroxyl groups is 1. The Morgan fingerprint density at radius 1 is 1.00 bits per heavy atom. The standard InChI is InChI=1S/C12H9FOS/c13-9-6-7-12(11(14)8-9)15-10-4-2-1-3-5-10/h1-8,14H. The molecule has 0 aromatic heterocycles. The van der Waals surface area contributed by atoms with Crippen LogP contribution in [0.25, 0.3) is 0 Å². The van der Waals surface area contributed by atoms with Crippen molar-refractivity contribution in [1.82, 2.24) is 0 Å². The van der Waals surface area contributed by atoms with Crippen LogP contribution in [-0.4, -0.2) is 5.11 Å². The minimum absolute atomic E-state index is 0.0242. The number of hydrogen-bond donors (Lipinski definition) is 1. The maximum atomic E-state index is 12.7. The second-order valence-electron chi connectivity index (χ2n) is 3.03. The van der Waals surface area contributed by atoms with Crippen molar-refractivity contribution in [3.05, 3.63) is 54.3 Å². The molecule has 0 aliphatic carbocycles. The van der Waals surface area contributed by atoms with E-state index in [2.05, 4.69) is 0 Å². The van der Waals surface area contributed by atoms with E-state index in [-0.39, 0.29) is 5.75 Å². The first-order valence-electron chi connectivity index (χ1n) is 4.47.